The highest BCUT2D eigenvalue weighted by Crippen LogP contribution is 1.90. The van der Waals surface area contributed by atoms with Crippen LogP contribution < -0.4 is 5.46 Å². The zero-order valence-electron chi connectivity index (χ0n) is 7.59. The summed E-state index contributed by atoms with van der Waals surface area (Å²) < 4.78 is 4.91. The van der Waals surface area contributed by atoms with Crippen molar-refractivity contribution in [1.82, 2.24) is 0 Å². The van der Waals surface area contributed by atoms with Gasteiger partial charge in [0.1, 0.15) is 0 Å². The molecule has 0 saturated heterocycles. The predicted octanol–water partition coefficient (Wildman–Crippen LogP) is -0.135. The maximum Gasteiger partial charge on any atom is 0.491 e. The molecule has 74 valence electrons. The summed E-state index contributed by atoms with van der Waals surface area (Å²) in [6.45, 7) is 0.00535. The van der Waals surface area contributed by atoms with Gasteiger partial charge in [-0.15, -0.1) is 0 Å². The van der Waals surface area contributed by atoms with Gasteiger partial charge in [-0.25, -0.2) is 0 Å². The topological polar surface area (TPSA) is 66.8 Å². The predicted molar refractivity (Wildman–Crippen MR) is 52.3 cm³/mol. The molecule has 0 heterocycles. The van der Waals surface area contributed by atoms with Gasteiger partial charge < -0.3 is 14.8 Å². The van der Waals surface area contributed by atoms with Gasteiger partial charge >= 0.3 is 13.1 Å². The first-order chi connectivity index (χ1) is 6.70. The molecule has 1 rings (SSSR count). The summed E-state index contributed by atoms with van der Waals surface area (Å²) in [7, 11) is -1.05. The van der Waals surface area contributed by atoms with Crippen molar-refractivity contribution in [1.29, 1.82) is 0 Å². The first-order valence-corrected chi connectivity index (χ1v) is 4.26. The fourth-order valence-electron chi connectivity index (χ4n) is 0.972. The van der Waals surface area contributed by atoms with Crippen LogP contribution in [0.3, 0.4) is 0 Å². The maximum absolute atomic E-state index is 10.2. The smallest absolute Gasteiger partial charge is 0.481 e. The van der Waals surface area contributed by atoms with Crippen LogP contribution in [0.2, 0.25) is 0 Å². The van der Waals surface area contributed by atoms with Crippen LogP contribution in [0.5, 0.6) is 0 Å². The minimum Gasteiger partial charge on any atom is -0.481 e. The number of hydrogen-bond donors (Lipinski definition) is 2. The van der Waals surface area contributed by atoms with E-state index in [1.807, 2.05) is 6.07 Å². The van der Waals surface area contributed by atoms with Gasteiger partial charge in [0.2, 0.25) is 0 Å². The Labute approximate surface area is 82.3 Å². The van der Waals surface area contributed by atoms with Crippen LogP contribution in [0.25, 0.3) is 0 Å². The number of carbonyl (C=O) groups is 1. The Kier molecular flexibility index (Phi) is 4.16. The lowest BCUT2D eigenvalue weighted by molar-refractivity contribution is -0.137. The van der Waals surface area contributed by atoms with Gasteiger partial charge in [0.15, 0.2) is 0 Å². The largest absolute Gasteiger partial charge is 0.491 e. The lowest BCUT2D eigenvalue weighted by atomic mass is 9.80. The SMILES string of the molecule is O=C(O)CCOB(O)c1ccccc1. The Morgan fingerprint density at radius 3 is 2.57 bits per heavy atom. The number of rotatable bonds is 5. The summed E-state index contributed by atoms with van der Waals surface area (Å²) >= 11 is 0. The van der Waals surface area contributed by atoms with Crippen molar-refractivity contribution in [3.05, 3.63) is 30.3 Å². The van der Waals surface area contributed by atoms with Gasteiger partial charge in [-0.3, -0.25) is 4.79 Å². The number of aliphatic carboxylic acids is 1. The Morgan fingerprint density at radius 2 is 2.00 bits per heavy atom. The lowest BCUT2D eigenvalue weighted by Crippen LogP contribution is -2.34. The highest BCUT2D eigenvalue weighted by molar-refractivity contribution is 6.59. The first-order valence-electron chi connectivity index (χ1n) is 4.26. The maximum atomic E-state index is 10.2. The summed E-state index contributed by atoms with van der Waals surface area (Å²) in [4.78, 5) is 10.2. The highest BCUT2D eigenvalue weighted by Gasteiger charge is 2.15. The van der Waals surface area contributed by atoms with Gasteiger partial charge in [0.25, 0.3) is 0 Å². The third-order valence-corrected chi connectivity index (χ3v) is 1.68. The fraction of sp³-hybridized carbons (Fsp3) is 0.222. The second kappa shape index (κ2) is 5.41. The average Bonchev–Trinajstić information content (AvgIpc) is 2.18. The van der Waals surface area contributed by atoms with E-state index in [0.717, 1.165) is 0 Å². The van der Waals surface area contributed by atoms with Crippen LogP contribution in [-0.4, -0.2) is 29.8 Å². The standard InChI is InChI=1S/C9H11BO4/c11-9(12)6-7-14-10(13)8-4-2-1-3-5-8/h1-5,13H,6-7H2,(H,11,12). The van der Waals surface area contributed by atoms with E-state index < -0.39 is 13.1 Å². The van der Waals surface area contributed by atoms with E-state index >= 15 is 0 Å². The van der Waals surface area contributed by atoms with Gasteiger partial charge in [-0.1, -0.05) is 30.3 Å². The number of carboxylic acids is 1. The van der Waals surface area contributed by atoms with E-state index in [4.69, 9.17) is 9.76 Å². The summed E-state index contributed by atoms with van der Waals surface area (Å²) in [5.41, 5.74) is 0.623. The van der Waals surface area contributed by atoms with Gasteiger partial charge in [0.05, 0.1) is 6.42 Å². The lowest BCUT2D eigenvalue weighted by Gasteiger charge is -2.06. The Bertz CT molecular complexity index is 288. The van der Waals surface area contributed by atoms with Crippen LogP contribution in [0.1, 0.15) is 6.42 Å². The van der Waals surface area contributed by atoms with E-state index in [1.54, 1.807) is 24.3 Å². The highest BCUT2D eigenvalue weighted by atomic mass is 16.5. The van der Waals surface area contributed by atoms with Crippen molar-refractivity contribution < 1.29 is 19.6 Å². The van der Waals surface area contributed by atoms with E-state index in [2.05, 4.69) is 0 Å². The molecule has 0 unspecified atom stereocenters. The second-order valence-corrected chi connectivity index (χ2v) is 2.78. The molecule has 0 atom stereocenters. The van der Waals surface area contributed by atoms with Crippen LogP contribution in [-0.2, 0) is 9.45 Å². The van der Waals surface area contributed by atoms with Crippen LogP contribution >= 0.6 is 0 Å². The monoisotopic (exact) mass is 194 g/mol. The molecular weight excluding hydrogens is 183 g/mol. The van der Waals surface area contributed by atoms with E-state index in [1.165, 1.54) is 0 Å². The molecule has 0 saturated carbocycles. The van der Waals surface area contributed by atoms with Gasteiger partial charge in [-0.05, 0) is 5.46 Å². The van der Waals surface area contributed by atoms with Crippen LogP contribution in [0, 0.1) is 0 Å². The second-order valence-electron chi connectivity index (χ2n) is 2.78. The third kappa shape index (κ3) is 3.59. The molecule has 0 aliphatic rings. The fourth-order valence-corrected chi connectivity index (χ4v) is 0.972. The molecule has 0 spiro atoms. The molecule has 0 radical (unpaired) electrons. The zero-order valence-corrected chi connectivity index (χ0v) is 7.59. The molecule has 2 N–H and O–H groups in total. The molecule has 0 aliphatic heterocycles. The summed E-state index contributed by atoms with van der Waals surface area (Å²) in [5, 5.41) is 17.8. The van der Waals surface area contributed by atoms with E-state index in [0.29, 0.717) is 5.46 Å². The quantitative estimate of drug-likeness (QED) is 0.640. The first kappa shape index (κ1) is 10.8. The van der Waals surface area contributed by atoms with Crippen LogP contribution in [0.4, 0.5) is 0 Å². The van der Waals surface area contributed by atoms with Crippen molar-refractivity contribution in [3.8, 4) is 0 Å². The molecule has 0 fully saturated rings. The van der Waals surface area contributed by atoms with Crippen molar-refractivity contribution in [3.63, 3.8) is 0 Å². The summed E-state index contributed by atoms with van der Waals surface area (Å²) in [5.74, 6) is -0.940. The number of hydrogen-bond acceptors (Lipinski definition) is 3. The molecule has 0 amide bonds. The number of benzene rings is 1. The minimum atomic E-state index is -1.05. The number of carboxylic acid groups (broad SMARTS) is 1. The van der Waals surface area contributed by atoms with Crippen molar-refractivity contribution in [2.24, 2.45) is 0 Å². The zero-order chi connectivity index (χ0) is 10.4. The van der Waals surface area contributed by atoms with E-state index in [9.17, 15) is 9.82 Å². The molecule has 5 heteroatoms. The molecule has 0 aromatic heterocycles. The van der Waals surface area contributed by atoms with Crippen LogP contribution in [0.15, 0.2) is 30.3 Å². The Hall–Kier alpha value is -1.33. The Balaban J connectivity index is 2.36. The van der Waals surface area contributed by atoms with Crippen molar-refractivity contribution in [2.75, 3.05) is 6.61 Å². The third-order valence-electron chi connectivity index (χ3n) is 1.68. The molecule has 1 aromatic rings. The molecule has 4 nitrogen and oxygen atoms in total. The summed E-state index contributed by atoms with van der Waals surface area (Å²) in [6.07, 6.45) is -0.107. The Morgan fingerprint density at radius 1 is 1.36 bits per heavy atom. The average molecular weight is 194 g/mol. The normalized spacial score (nSPS) is 9.79. The molecule has 0 aliphatic carbocycles. The van der Waals surface area contributed by atoms with E-state index in [-0.39, 0.29) is 13.0 Å². The molecule has 14 heavy (non-hydrogen) atoms. The van der Waals surface area contributed by atoms with Gasteiger partial charge in [-0.2, -0.15) is 0 Å². The molecule has 0 bridgehead atoms. The molecular formula is C9H11BO4. The van der Waals surface area contributed by atoms with Crippen molar-refractivity contribution in [2.45, 2.75) is 6.42 Å². The van der Waals surface area contributed by atoms with Crippen molar-refractivity contribution >= 4 is 18.6 Å². The molecule has 1 aromatic carbocycles. The summed E-state index contributed by atoms with van der Waals surface area (Å²) in [6, 6.07) is 8.81. The minimum absolute atomic E-state index is 0.00535. The van der Waals surface area contributed by atoms with Gasteiger partial charge in [0, 0.05) is 6.61 Å².